The molecule has 2 aromatic heterocycles. The number of hydrogen-bond donors (Lipinski definition) is 1. The topological polar surface area (TPSA) is 60.2 Å². The van der Waals surface area contributed by atoms with Crippen LogP contribution in [0.2, 0.25) is 0 Å². The van der Waals surface area contributed by atoms with E-state index in [9.17, 15) is 0 Å². The third kappa shape index (κ3) is 2.80. The van der Waals surface area contributed by atoms with E-state index in [0.29, 0.717) is 13.2 Å². The van der Waals surface area contributed by atoms with Gasteiger partial charge in [-0.3, -0.25) is 0 Å². The van der Waals surface area contributed by atoms with E-state index in [4.69, 9.17) is 9.15 Å². The molecule has 0 aromatic carbocycles. The summed E-state index contributed by atoms with van der Waals surface area (Å²) in [5.41, 5.74) is 0.846. The average molecular weight is 239 g/mol. The quantitative estimate of drug-likeness (QED) is 0.838. The summed E-state index contributed by atoms with van der Waals surface area (Å²) in [6.45, 7) is 3.79. The zero-order valence-electron chi connectivity index (χ0n) is 8.97. The zero-order valence-corrected chi connectivity index (χ0v) is 9.79. The van der Waals surface area contributed by atoms with Crippen LogP contribution in [0.25, 0.3) is 0 Å². The third-order valence-corrected chi connectivity index (χ3v) is 2.68. The molecule has 16 heavy (non-hydrogen) atoms. The number of ether oxygens (including phenoxy) is 1. The number of furan rings is 1. The average Bonchev–Trinajstić information content (AvgIpc) is 2.91. The molecule has 86 valence electrons. The van der Waals surface area contributed by atoms with Crippen LogP contribution >= 0.6 is 11.5 Å². The minimum Gasteiger partial charge on any atom is -0.467 e. The summed E-state index contributed by atoms with van der Waals surface area (Å²) < 4.78 is 14.5. The van der Waals surface area contributed by atoms with E-state index in [1.807, 2.05) is 19.1 Å². The summed E-state index contributed by atoms with van der Waals surface area (Å²) in [6, 6.07) is 3.72. The highest BCUT2D eigenvalue weighted by atomic mass is 32.1. The Balaban J connectivity index is 1.82. The molecule has 6 heteroatoms. The fourth-order valence-electron chi connectivity index (χ4n) is 1.24. The molecular formula is C10H13N3O2S. The molecule has 1 N–H and O–H groups in total. The second-order valence-electron chi connectivity index (χ2n) is 3.15. The first-order chi connectivity index (χ1) is 7.90. The Kier molecular flexibility index (Phi) is 3.90. The maximum atomic E-state index is 5.48. The molecule has 0 saturated heterocycles. The van der Waals surface area contributed by atoms with Crippen molar-refractivity contribution in [2.75, 3.05) is 11.9 Å². The van der Waals surface area contributed by atoms with Crippen LogP contribution < -0.4 is 5.32 Å². The minimum absolute atomic E-state index is 0.444. The molecule has 0 fully saturated rings. The number of nitrogens with one attached hydrogen (secondary N) is 1. The smallest absolute Gasteiger partial charge is 0.135 e. The number of nitrogens with zero attached hydrogens (tertiary/aromatic N) is 2. The highest BCUT2D eigenvalue weighted by Gasteiger charge is 2.07. The monoisotopic (exact) mass is 239 g/mol. The van der Waals surface area contributed by atoms with Crippen molar-refractivity contribution in [2.24, 2.45) is 0 Å². The Morgan fingerprint density at radius 1 is 1.50 bits per heavy atom. The maximum absolute atomic E-state index is 5.48. The predicted molar refractivity (Wildman–Crippen MR) is 61.3 cm³/mol. The van der Waals surface area contributed by atoms with Crippen molar-refractivity contribution in [3.63, 3.8) is 0 Å². The fourth-order valence-corrected chi connectivity index (χ4v) is 1.88. The standard InChI is InChI=1S/C10H13N3O2S/c1-2-11-10-9(12-13-16-10)7-14-6-8-4-3-5-15-8/h3-5,11H,2,6-7H2,1H3. The molecule has 5 nitrogen and oxygen atoms in total. The molecule has 0 aliphatic heterocycles. The molecule has 0 bridgehead atoms. The van der Waals surface area contributed by atoms with E-state index in [2.05, 4.69) is 14.9 Å². The van der Waals surface area contributed by atoms with Crippen LogP contribution in [-0.2, 0) is 18.0 Å². The van der Waals surface area contributed by atoms with E-state index >= 15 is 0 Å². The number of aromatic nitrogens is 2. The Labute approximate surface area is 97.6 Å². The summed E-state index contributed by atoms with van der Waals surface area (Å²) in [4.78, 5) is 0. The second-order valence-corrected chi connectivity index (χ2v) is 3.91. The molecule has 0 unspecified atom stereocenters. The van der Waals surface area contributed by atoms with Gasteiger partial charge in [-0.25, -0.2) is 0 Å². The van der Waals surface area contributed by atoms with Crippen LogP contribution in [0.4, 0.5) is 5.00 Å². The molecular weight excluding hydrogens is 226 g/mol. The highest BCUT2D eigenvalue weighted by Crippen LogP contribution is 2.18. The van der Waals surface area contributed by atoms with Gasteiger partial charge in [-0.05, 0) is 19.1 Å². The van der Waals surface area contributed by atoms with Gasteiger partial charge in [0, 0.05) is 18.1 Å². The van der Waals surface area contributed by atoms with Gasteiger partial charge in [-0.2, -0.15) is 0 Å². The predicted octanol–water partition coefficient (Wildman–Crippen LogP) is 2.28. The van der Waals surface area contributed by atoms with Crippen LogP contribution in [0.1, 0.15) is 18.4 Å². The van der Waals surface area contributed by atoms with Crippen LogP contribution in [-0.4, -0.2) is 16.1 Å². The van der Waals surface area contributed by atoms with E-state index in [0.717, 1.165) is 23.0 Å². The molecule has 0 amide bonds. The first-order valence-corrected chi connectivity index (χ1v) is 5.82. The van der Waals surface area contributed by atoms with Gasteiger partial charge in [0.15, 0.2) is 0 Å². The third-order valence-electron chi connectivity index (χ3n) is 1.96. The first-order valence-electron chi connectivity index (χ1n) is 5.05. The van der Waals surface area contributed by atoms with E-state index in [-0.39, 0.29) is 0 Å². The maximum Gasteiger partial charge on any atom is 0.135 e. The van der Waals surface area contributed by atoms with Gasteiger partial charge in [-0.1, -0.05) is 4.49 Å². The Bertz CT molecular complexity index is 413. The van der Waals surface area contributed by atoms with Crippen molar-refractivity contribution < 1.29 is 9.15 Å². The highest BCUT2D eigenvalue weighted by molar-refractivity contribution is 7.10. The van der Waals surface area contributed by atoms with Crippen LogP contribution in [0.3, 0.4) is 0 Å². The van der Waals surface area contributed by atoms with Gasteiger partial charge in [0.05, 0.1) is 12.9 Å². The minimum atomic E-state index is 0.444. The summed E-state index contributed by atoms with van der Waals surface area (Å²) in [5, 5.41) is 8.17. The fraction of sp³-hybridized carbons (Fsp3) is 0.400. The molecule has 0 aliphatic rings. The Morgan fingerprint density at radius 3 is 3.19 bits per heavy atom. The molecule has 0 spiro atoms. The lowest BCUT2D eigenvalue weighted by molar-refractivity contribution is 0.0909. The van der Waals surface area contributed by atoms with E-state index in [1.165, 1.54) is 11.5 Å². The van der Waals surface area contributed by atoms with Gasteiger partial charge in [0.2, 0.25) is 0 Å². The van der Waals surface area contributed by atoms with Gasteiger partial charge in [0.1, 0.15) is 23.1 Å². The van der Waals surface area contributed by atoms with Crippen LogP contribution in [0.15, 0.2) is 22.8 Å². The summed E-state index contributed by atoms with van der Waals surface area (Å²) in [6.07, 6.45) is 1.63. The van der Waals surface area contributed by atoms with Crippen molar-refractivity contribution in [2.45, 2.75) is 20.1 Å². The van der Waals surface area contributed by atoms with Crippen LogP contribution in [0.5, 0.6) is 0 Å². The number of rotatable bonds is 6. The van der Waals surface area contributed by atoms with Gasteiger partial charge >= 0.3 is 0 Å². The van der Waals surface area contributed by atoms with E-state index < -0.39 is 0 Å². The molecule has 0 atom stereocenters. The second kappa shape index (κ2) is 5.62. The SMILES string of the molecule is CCNc1snnc1COCc1ccco1. The molecule has 2 aromatic rings. The van der Waals surface area contributed by atoms with Crippen molar-refractivity contribution in [1.29, 1.82) is 0 Å². The molecule has 2 heterocycles. The first kappa shape index (κ1) is 11.1. The summed E-state index contributed by atoms with van der Waals surface area (Å²) >= 11 is 1.35. The molecule has 0 radical (unpaired) electrons. The van der Waals surface area contributed by atoms with Crippen molar-refractivity contribution in [3.8, 4) is 0 Å². The molecule has 2 rings (SSSR count). The van der Waals surface area contributed by atoms with Crippen molar-refractivity contribution in [1.82, 2.24) is 9.59 Å². The Hall–Kier alpha value is -1.40. The number of anilines is 1. The number of hydrogen-bond acceptors (Lipinski definition) is 6. The van der Waals surface area contributed by atoms with Crippen LogP contribution in [0, 0.1) is 0 Å². The van der Waals surface area contributed by atoms with Gasteiger partial charge in [0.25, 0.3) is 0 Å². The largest absolute Gasteiger partial charge is 0.467 e. The lowest BCUT2D eigenvalue weighted by Crippen LogP contribution is -2.00. The Morgan fingerprint density at radius 2 is 2.44 bits per heavy atom. The summed E-state index contributed by atoms with van der Waals surface area (Å²) in [7, 11) is 0. The molecule has 0 saturated carbocycles. The lowest BCUT2D eigenvalue weighted by Gasteiger charge is -2.02. The van der Waals surface area contributed by atoms with Crippen molar-refractivity contribution in [3.05, 3.63) is 29.9 Å². The lowest BCUT2D eigenvalue weighted by atomic mass is 10.4. The summed E-state index contributed by atoms with van der Waals surface area (Å²) in [5.74, 6) is 0.813. The normalized spacial score (nSPS) is 10.6. The van der Waals surface area contributed by atoms with Crippen molar-refractivity contribution >= 4 is 16.5 Å². The molecule has 0 aliphatic carbocycles. The van der Waals surface area contributed by atoms with Gasteiger partial charge in [-0.15, -0.1) is 5.10 Å². The zero-order chi connectivity index (χ0) is 11.2. The van der Waals surface area contributed by atoms with Gasteiger partial charge < -0.3 is 14.5 Å². The van der Waals surface area contributed by atoms with E-state index in [1.54, 1.807) is 6.26 Å².